The average molecular weight is 441 g/mol. The lowest BCUT2D eigenvalue weighted by molar-refractivity contribution is 0.00326. The summed E-state index contributed by atoms with van der Waals surface area (Å²) in [6.07, 6.45) is 1.58. The second kappa shape index (κ2) is 6.96. The first-order valence-corrected chi connectivity index (χ1v) is 9.48. The first-order valence-electron chi connectivity index (χ1n) is 8.69. The molecule has 4 aromatic rings. The fourth-order valence-corrected chi connectivity index (χ4v) is 3.72. The van der Waals surface area contributed by atoms with Gasteiger partial charge in [-0.25, -0.2) is 9.37 Å². The third kappa shape index (κ3) is 3.04. The van der Waals surface area contributed by atoms with Gasteiger partial charge in [-0.05, 0) is 29.8 Å². The van der Waals surface area contributed by atoms with Gasteiger partial charge in [0.15, 0.2) is 5.69 Å². The first kappa shape index (κ1) is 17.3. The molecule has 0 amide bonds. The van der Waals surface area contributed by atoms with Crippen LogP contribution >= 0.6 is 15.9 Å². The van der Waals surface area contributed by atoms with E-state index >= 15 is 0 Å². The quantitative estimate of drug-likeness (QED) is 0.458. The van der Waals surface area contributed by atoms with Gasteiger partial charge in [0.1, 0.15) is 11.9 Å². The zero-order chi connectivity index (χ0) is 19.1. The third-order valence-corrected chi connectivity index (χ3v) is 5.41. The highest BCUT2D eigenvalue weighted by Crippen LogP contribution is 2.32. The number of benzene rings is 2. The smallest absolute Gasteiger partial charge is 0.278 e. The SMILES string of the molecule is Fc1ccc(C2Cn3cnc(-c4nc(-c5ccccc5Br)no4)c3CO2)cc1. The Morgan fingerprint density at radius 1 is 1.11 bits per heavy atom. The molecule has 6 nitrogen and oxygen atoms in total. The van der Waals surface area contributed by atoms with E-state index in [-0.39, 0.29) is 11.9 Å². The molecule has 1 aliphatic rings. The van der Waals surface area contributed by atoms with Gasteiger partial charge in [-0.15, -0.1) is 0 Å². The van der Waals surface area contributed by atoms with E-state index in [0.717, 1.165) is 21.3 Å². The highest BCUT2D eigenvalue weighted by atomic mass is 79.9. The molecule has 0 spiro atoms. The Kier molecular flexibility index (Phi) is 4.29. The second-order valence-electron chi connectivity index (χ2n) is 6.45. The molecular weight excluding hydrogens is 427 g/mol. The van der Waals surface area contributed by atoms with Crippen molar-refractivity contribution in [1.29, 1.82) is 0 Å². The summed E-state index contributed by atoms with van der Waals surface area (Å²) < 4.78 is 27.5. The minimum Gasteiger partial charge on any atom is -0.365 e. The summed E-state index contributed by atoms with van der Waals surface area (Å²) >= 11 is 3.50. The molecule has 0 saturated carbocycles. The number of nitrogens with zero attached hydrogens (tertiary/aromatic N) is 4. The molecule has 5 rings (SSSR count). The Balaban J connectivity index is 1.43. The van der Waals surface area contributed by atoms with Crippen molar-refractivity contribution in [3.63, 3.8) is 0 Å². The van der Waals surface area contributed by atoms with E-state index in [4.69, 9.17) is 9.26 Å². The monoisotopic (exact) mass is 440 g/mol. The van der Waals surface area contributed by atoms with Crippen LogP contribution in [0.4, 0.5) is 4.39 Å². The van der Waals surface area contributed by atoms with Crippen molar-refractivity contribution in [2.45, 2.75) is 19.3 Å². The number of aromatic nitrogens is 4. The van der Waals surface area contributed by atoms with Crippen LogP contribution in [0.25, 0.3) is 23.0 Å². The molecule has 0 bridgehead atoms. The minimum absolute atomic E-state index is 0.159. The van der Waals surface area contributed by atoms with Crippen LogP contribution in [0.2, 0.25) is 0 Å². The number of halogens is 2. The number of hydrogen-bond acceptors (Lipinski definition) is 5. The molecule has 0 aliphatic carbocycles. The van der Waals surface area contributed by atoms with Gasteiger partial charge >= 0.3 is 0 Å². The Morgan fingerprint density at radius 2 is 1.93 bits per heavy atom. The van der Waals surface area contributed by atoms with Crippen LogP contribution < -0.4 is 0 Å². The van der Waals surface area contributed by atoms with Crippen molar-refractivity contribution in [3.8, 4) is 23.0 Å². The Labute approximate surface area is 168 Å². The summed E-state index contributed by atoms with van der Waals surface area (Å²) in [4.78, 5) is 8.95. The number of fused-ring (bicyclic) bond motifs is 1. The maximum atomic E-state index is 13.2. The van der Waals surface area contributed by atoms with Crippen molar-refractivity contribution >= 4 is 15.9 Å². The van der Waals surface area contributed by atoms with E-state index in [1.807, 2.05) is 28.8 Å². The Bertz CT molecular complexity index is 1140. The third-order valence-electron chi connectivity index (χ3n) is 4.72. The van der Waals surface area contributed by atoms with Crippen molar-refractivity contribution in [2.75, 3.05) is 0 Å². The summed E-state index contributed by atoms with van der Waals surface area (Å²) in [7, 11) is 0. The molecule has 0 radical (unpaired) electrons. The molecule has 2 aromatic heterocycles. The van der Waals surface area contributed by atoms with Gasteiger partial charge in [0.2, 0.25) is 5.82 Å². The lowest BCUT2D eigenvalue weighted by Gasteiger charge is -2.25. The van der Waals surface area contributed by atoms with Gasteiger partial charge in [0, 0.05) is 10.0 Å². The van der Waals surface area contributed by atoms with E-state index in [2.05, 4.69) is 31.1 Å². The summed E-state index contributed by atoms with van der Waals surface area (Å²) in [6, 6.07) is 14.0. The molecule has 3 heterocycles. The highest BCUT2D eigenvalue weighted by Gasteiger charge is 2.26. The summed E-state index contributed by atoms with van der Waals surface area (Å²) in [5.41, 5.74) is 3.26. The molecule has 0 fully saturated rings. The minimum atomic E-state index is -0.262. The standard InChI is InChI=1S/C20H14BrFN4O2/c21-15-4-2-1-3-14(15)19-24-20(28-25-19)18-16-10-27-17(9-26(16)11-23-18)12-5-7-13(22)8-6-12/h1-8,11,17H,9-10H2. The number of imidazole rings is 1. The van der Waals surface area contributed by atoms with Crippen LogP contribution in [0.3, 0.4) is 0 Å². The molecule has 1 aliphatic heterocycles. The Morgan fingerprint density at radius 3 is 2.75 bits per heavy atom. The molecule has 0 N–H and O–H groups in total. The highest BCUT2D eigenvalue weighted by molar-refractivity contribution is 9.10. The maximum Gasteiger partial charge on any atom is 0.278 e. The molecule has 2 aromatic carbocycles. The van der Waals surface area contributed by atoms with Gasteiger partial charge < -0.3 is 13.8 Å². The summed E-state index contributed by atoms with van der Waals surface area (Å²) in [5, 5.41) is 4.08. The molecular formula is C20H14BrFN4O2. The van der Waals surface area contributed by atoms with Crippen molar-refractivity contribution in [1.82, 2.24) is 19.7 Å². The topological polar surface area (TPSA) is 66.0 Å². The van der Waals surface area contributed by atoms with Gasteiger partial charge in [-0.2, -0.15) is 4.98 Å². The fraction of sp³-hybridized carbons (Fsp3) is 0.150. The number of hydrogen-bond donors (Lipinski definition) is 0. The molecule has 8 heteroatoms. The van der Waals surface area contributed by atoms with Crippen LogP contribution in [-0.2, 0) is 17.9 Å². The van der Waals surface area contributed by atoms with Crippen LogP contribution in [0.1, 0.15) is 17.4 Å². The summed E-state index contributed by atoms with van der Waals surface area (Å²) in [6.45, 7) is 0.934. The van der Waals surface area contributed by atoms with E-state index in [1.54, 1.807) is 18.5 Å². The van der Waals surface area contributed by atoms with Crippen molar-refractivity contribution in [2.24, 2.45) is 0 Å². The van der Waals surface area contributed by atoms with Crippen molar-refractivity contribution < 1.29 is 13.7 Å². The molecule has 0 saturated heterocycles. The van der Waals surface area contributed by atoms with E-state index in [0.29, 0.717) is 30.6 Å². The van der Waals surface area contributed by atoms with Crippen LogP contribution in [-0.4, -0.2) is 19.7 Å². The molecule has 140 valence electrons. The molecule has 1 atom stereocenters. The average Bonchev–Trinajstić information content (AvgIpc) is 3.35. The van der Waals surface area contributed by atoms with Gasteiger partial charge in [-0.3, -0.25) is 0 Å². The Hall–Kier alpha value is -2.84. The zero-order valence-electron chi connectivity index (χ0n) is 14.5. The number of rotatable bonds is 3. The normalized spacial score (nSPS) is 16.1. The summed E-state index contributed by atoms with van der Waals surface area (Å²) in [5.74, 6) is 0.580. The van der Waals surface area contributed by atoms with Gasteiger partial charge in [0.25, 0.3) is 5.89 Å². The number of ether oxygens (including phenoxy) is 1. The molecule has 28 heavy (non-hydrogen) atoms. The predicted molar refractivity (Wildman–Crippen MR) is 103 cm³/mol. The van der Waals surface area contributed by atoms with Crippen LogP contribution in [0, 0.1) is 5.82 Å². The van der Waals surface area contributed by atoms with Crippen LogP contribution in [0.15, 0.2) is 63.9 Å². The second-order valence-corrected chi connectivity index (χ2v) is 7.30. The lowest BCUT2D eigenvalue weighted by Crippen LogP contribution is -2.20. The maximum absolute atomic E-state index is 13.2. The lowest BCUT2D eigenvalue weighted by atomic mass is 10.1. The van der Waals surface area contributed by atoms with E-state index in [9.17, 15) is 4.39 Å². The van der Waals surface area contributed by atoms with Gasteiger partial charge in [0.05, 0.1) is 25.2 Å². The zero-order valence-corrected chi connectivity index (χ0v) is 16.1. The van der Waals surface area contributed by atoms with Crippen LogP contribution in [0.5, 0.6) is 0 Å². The van der Waals surface area contributed by atoms with E-state index in [1.165, 1.54) is 12.1 Å². The molecule has 1 unspecified atom stereocenters. The van der Waals surface area contributed by atoms with Gasteiger partial charge in [-0.1, -0.05) is 45.4 Å². The largest absolute Gasteiger partial charge is 0.365 e. The first-order chi connectivity index (χ1) is 13.7. The van der Waals surface area contributed by atoms with E-state index < -0.39 is 0 Å². The predicted octanol–water partition coefficient (Wildman–Crippen LogP) is 4.77. The fourth-order valence-electron chi connectivity index (χ4n) is 3.26. The van der Waals surface area contributed by atoms with Crippen molar-refractivity contribution in [3.05, 3.63) is 76.4 Å².